The number of hydrogen-bond donors (Lipinski definition) is 1. The van der Waals surface area contributed by atoms with Crippen LogP contribution < -0.4 is 9.62 Å². The SMILES string of the molecule is CCN(c1ccc(C(=O)NC2CCCCC2)cc1)S(=O)(=O)c1ccccc1. The van der Waals surface area contributed by atoms with Crippen molar-refractivity contribution in [2.24, 2.45) is 0 Å². The van der Waals surface area contributed by atoms with Gasteiger partial charge in [-0.3, -0.25) is 9.10 Å². The van der Waals surface area contributed by atoms with Crippen molar-refractivity contribution in [3.05, 3.63) is 60.2 Å². The number of nitrogens with zero attached hydrogens (tertiary/aromatic N) is 1. The molecule has 5 nitrogen and oxygen atoms in total. The van der Waals surface area contributed by atoms with Gasteiger partial charge in [-0.15, -0.1) is 0 Å². The third-order valence-corrected chi connectivity index (χ3v) is 6.89. The van der Waals surface area contributed by atoms with Crippen LogP contribution in [-0.2, 0) is 10.0 Å². The van der Waals surface area contributed by atoms with Crippen molar-refractivity contribution in [2.75, 3.05) is 10.8 Å². The van der Waals surface area contributed by atoms with E-state index in [2.05, 4.69) is 5.32 Å². The van der Waals surface area contributed by atoms with Gasteiger partial charge >= 0.3 is 0 Å². The highest BCUT2D eigenvalue weighted by atomic mass is 32.2. The number of nitrogens with one attached hydrogen (secondary N) is 1. The topological polar surface area (TPSA) is 66.5 Å². The first-order valence-electron chi connectivity index (χ1n) is 9.51. The monoisotopic (exact) mass is 386 g/mol. The summed E-state index contributed by atoms with van der Waals surface area (Å²) in [7, 11) is -3.63. The Morgan fingerprint density at radius 1 is 1.00 bits per heavy atom. The minimum absolute atomic E-state index is 0.0950. The van der Waals surface area contributed by atoms with Crippen LogP contribution in [0.4, 0.5) is 5.69 Å². The van der Waals surface area contributed by atoms with E-state index in [1.54, 1.807) is 61.5 Å². The number of amides is 1. The van der Waals surface area contributed by atoms with Gasteiger partial charge in [0.25, 0.3) is 15.9 Å². The van der Waals surface area contributed by atoms with Gasteiger partial charge in [-0.25, -0.2) is 8.42 Å². The average molecular weight is 387 g/mol. The minimum Gasteiger partial charge on any atom is -0.349 e. The highest BCUT2D eigenvalue weighted by molar-refractivity contribution is 7.92. The van der Waals surface area contributed by atoms with Gasteiger partial charge in [0.05, 0.1) is 10.6 Å². The summed E-state index contributed by atoms with van der Waals surface area (Å²) < 4.78 is 27.1. The zero-order valence-electron chi connectivity index (χ0n) is 15.6. The van der Waals surface area contributed by atoms with Crippen molar-refractivity contribution < 1.29 is 13.2 Å². The molecule has 0 bridgehead atoms. The smallest absolute Gasteiger partial charge is 0.264 e. The van der Waals surface area contributed by atoms with E-state index in [1.165, 1.54) is 10.7 Å². The lowest BCUT2D eigenvalue weighted by Gasteiger charge is -2.24. The van der Waals surface area contributed by atoms with Gasteiger partial charge in [0.2, 0.25) is 0 Å². The fourth-order valence-corrected chi connectivity index (χ4v) is 5.00. The molecule has 6 heteroatoms. The first-order chi connectivity index (χ1) is 13.0. The molecule has 1 aliphatic carbocycles. The first kappa shape index (κ1) is 19.4. The summed E-state index contributed by atoms with van der Waals surface area (Å²) in [5.41, 5.74) is 1.10. The number of benzene rings is 2. The molecule has 0 aliphatic heterocycles. The Hall–Kier alpha value is -2.34. The third kappa shape index (κ3) is 4.50. The molecule has 1 amide bonds. The Bertz CT molecular complexity index is 858. The van der Waals surface area contributed by atoms with Gasteiger partial charge in [0, 0.05) is 18.2 Å². The van der Waals surface area contributed by atoms with E-state index in [1.807, 2.05) is 0 Å². The molecule has 1 saturated carbocycles. The number of anilines is 1. The fourth-order valence-electron chi connectivity index (χ4n) is 3.51. The van der Waals surface area contributed by atoms with Gasteiger partial charge in [0.15, 0.2) is 0 Å². The van der Waals surface area contributed by atoms with Crippen molar-refractivity contribution in [3.8, 4) is 0 Å². The Morgan fingerprint density at radius 2 is 1.63 bits per heavy atom. The number of carbonyl (C=O) groups excluding carboxylic acids is 1. The number of hydrogen-bond acceptors (Lipinski definition) is 3. The Labute approximate surface area is 161 Å². The third-order valence-electron chi connectivity index (χ3n) is 4.98. The molecule has 1 fully saturated rings. The second-order valence-electron chi connectivity index (χ2n) is 6.84. The lowest BCUT2D eigenvalue weighted by atomic mass is 9.95. The van der Waals surface area contributed by atoms with Crippen molar-refractivity contribution in [3.63, 3.8) is 0 Å². The van der Waals surface area contributed by atoms with Crippen molar-refractivity contribution in [1.29, 1.82) is 0 Å². The van der Waals surface area contributed by atoms with Crippen molar-refractivity contribution >= 4 is 21.6 Å². The van der Waals surface area contributed by atoms with Crippen LogP contribution in [0.5, 0.6) is 0 Å². The maximum absolute atomic E-state index is 12.9. The number of sulfonamides is 1. The summed E-state index contributed by atoms with van der Waals surface area (Å²) in [6, 6.07) is 15.4. The first-order valence-corrected chi connectivity index (χ1v) is 10.9. The molecule has 0 spiro atoms. The van der Waals surface area contributed by atoms with E-state index < -0.39 is 10.0 Å². The van der Waals surface area contributed by atoms with E-state index in [0.717, 1.165) is 25.7 Å². The maximum Gasteiger partial charge on any atom is 0.264 e. The molecule has 2 aromatic carbocycles. The van der Waals surface area contributed by atoms with E-state index in [9.17, 15) is 13.2 Å². The second kappa shape index (κ2) is 8.57. The Balaban J connectivity index is 1.76. The molecule has 0 saturated heterocycles. The summed E-state index contributed by atoms with van der Waals surface area (Å²) >= 11 is 0. The van der Waals surface area contributed by atoms with Crippen molar-refractivity contribution in [1.82, 2.24) is 5.32 Å². The molecular weight excluding hydrogens is 360 g/mol. The predicted octanol–water partition coefficient (Wildman–Crippen LogP) is 3.96. The molecule has 0 atom stereocenters. The molecule has 0 unspecified atom stereocenters. The quantitative estimate of drug-likeness (QED) is 0.817. The fraction of sp³-hybridized carbons (Fsp3) is 0.381. The van der Waals surface area contributed by atoms with Gasteiger partial charge in [-0.2, -0.15) is 0 Å². The summed E-state index contributed by atoms with van der Waals surface area (Å²) in [5, 5.41) is 3.08. The predicted molar refractivity (Wildman–Crippen MR) is 107 cm³/mol. The van der Waals surface area contributed by atoms with E-state index in [4.69, 9.17) is 0 Å². The summed E-state index contributed by atoms with van der Waals surface area (Å²) in [6.45, 7) is 2.11. The average Bonchev–Trinajstić information content (AvgIpc) is 2.70. The van der Waals surface area contributed by atoms with Crippen LogP contribution in [0.3, 0.4) is 0 Å². The molecule has 0 aromatic heterocycles. The lowest BCUT2D eigenvalue weighted by Crippen LogP contribution is -2.36. The number of carbonyl (C=O) groups is 1. The summed E-state index contributed by atoms with van der Waals surface area (Å²) in [6.07, 6.45) is 5.62. The summed E-state index contributed by atoms with van der Waals surface area (Å²) in [4.78, 5) is 12.7. The van der Waals surface area contributed by atoms with E-state index in [0.29, 0.717) is 17.8 Å². The van der Waals surface area contributed by atoms with Gasteiger partial charge in [-0.05, 0) is 56.2 Å². The largest absolute Gasteiger partial charge is 0.349 e. The Kier molecular flexibility index (Phi) is 6.16. The van der Waals surface area contributed by atoms with Crippen LogP contribution in [0.15, 0.2) is 59.5 Å². The van der Waals surface area contributed by atoms with Crippen LogP contribution in [0.2, 0.25) is 0 Å². The van der Waals surface area contributed by atoms with E-state index in [-0.39, 0.29) is 16.8 Å². The zero-order chi connectivity index (χ0) is 19.3. The molecular formula is C21H26N2O3S. The molecule has 1 aliphatic rings. The Morgan fingerprint density at radius 3 is 2.22 bits per heavy atom. The second-order valence-corrected chi connectivity index (χ2v) is 8.70. The maximum atomic E-state index is 12.9. The molecule has 3 rings (SSSR count). The van der Waals surface area contributed by atoms with Gasteiger partial charge in [0.1, 0.15) is 0 Å². The lowest BCUT2D eigenvalue weighted by molar-refractivity contribution is 0.0927. The van der Waals surface area contributed by atoms with Crippen LogP contribution >= 0.6 is 0 Å². The number of rotatable bonds is 6. The summed E-state index contributed by atoms with van der Waals surface area (Å²) in [5.74, 6) is -0.0950. The van der Waals surface area contributed by atoms with Crippen LogP contribution in [0, 0.1) is 0 Å². The van der Waals surface area contributed by atoms with Gasteiger partial charge < -0.3 is 5.32 Å². The highest BCUT2D eigenvalue weighted by Crippen LogP contribution is 2.24. The van der Waals surface area contributed by atoms with Crippen molar-refractivity contribution in [2.45, 2.75) is 50.0 Å². The highest BCUT2D eigenvalue weighted by Gasteiger charge is 2.23. The van der Waals surface area contributed by atoms with Crippen LogP contribution in [0.25, 0.3) is 0 Å². The van der Waals surface area contributed by atoms with Crippen LogP contribution in [0.1, 0.15) is 49.4 Å². The molecule has 2 aromatic rings. The van der Waals surface area contributed by atoms with Crippen LogP contribution in [-0.4, -0.2) is 26.9 Å². The standard InChI is InChI=1S/C21H26N2O3S/c1-2-23(27(25,26)20-11-7-4-8-12-20)19-15-13-17(14-16-19)21(24)22-18-9-5-3-6-10-18/h4,7-8,11-16,18H,2-3,5-6,9-10H2,1H3,(H,22,24). The molecule has 1 N–H and O–H groups in total. The molecule has 144 valence electrons. The minimum atomic E-state index is -3.63. The molecule has 0 heterocycles. The molecule has 0 radical (unpaired) electrons. The normalized spacial score (nSPS) is 15.3. The molecule has 27 heavy (non-hydrogen) atoms. The van der Waals surface area contributed by atoms with Gasteiger partial charge in [-0.1, -0.05) is 37.5 Å². The van der Waals surface area contributed by atoms with E-state index >= 15 is 0 Å². The zero-order valence-corrected chi connectivity index (χ0v) is 16.4.